The van der Waals surface area contributed by atoms with Crippen molar-refractivity contribution < 1.29 is 0 Å². The first kappa shape index (κ1) is 23.9. The Labute approximate surface area is 248 Å². The third-order valence-electron chi connectivity index (χ3n) is 8.52. The summed E-state index contributed by atoms with van der Waals surface area (Å²) in [5.74, 6) is 0. The molecule has 0 unspecified atom stereocenters. The zero-order valence-electron chi connectivity index (χ0n) is 23.3. The smallest absolute Gasteiger partial charge is 0.0973 e. The van der Waals surface area contributed by atoms with Crippen LogP contribution in [0.15, 0.2) is 152 Å². The molecular formula is C40H25N3. The number of hydrogen-bond donors (Lipinski definition) is 0. The SMILES string of the molecule is c1ccc(-c2nc3ccccc3nc2-c2ccc(-n3c4cc5ccccc5cc4c4cc5ccccc5cc43)cc2)cc1. The number of para-hydroxylation sites is 2. The summed E-state index contributed by atoms with van der Waals surface area (Å²) in [7, 11) is 0. The van der Waals surface area contributed by atoms with Crippen LogP contribution in [0.5, 0.6) is 0 Å². The highest BCUT2D eigenvalue weighted by atomic mass is 15.0. The second kappa shape index (κ2) is 9.37. The van der Waals surface area contributed by atoms with E-state index in [1.54, 1.807) is 0 Å². The first-order valence-corrected chi connectivity index (χ1v) is 14.6. The molecule has 0 saturated carbocycles. The van der Waals surface area contributed by atoms with Crippen LogP contribution < -0.4 is 0 Å². The topological polar surface area (TPSA) is 30.7 Å². The normalized spacial score (nSPS) is 11.7. The molecule has 43 heavy (non-hydrogen) atoms. The van der Waals surface area contributed by atoms with Crippen molar-refractivity contribution in [1.29, 1.82) is 0 Å². The van der Waals surface area contributed by atoms with E-state index in [1.807, 2.05) is 30.3 Å². The molecule has 2 heterocycles. The van der Waals surface area contributed by atoms with Crippen molar-refractivity contribution >= 4 is 54.4 Å². The van der Waals surface area contributed by atoms with Gasteiger partial charge in [-0.2, -0.15) is 0 Å². The summed E-state index contributed by atoms with van der Waals surface area (Å²) in [6, 6.07) is 53.8. The van der Waals surface area contributed by atoms with Crippen LogP contribution in [0.4, 0.5) is 0 Å². The number of nitrogens with zero attached hydrogens (tertiary/aromatic N) is 3. The zero-order valence-corrected chi connectivity index (χ0v) is 23.3. The van der Waals surface area contributed by atoms with E-state index >= 15 is 0 Å². The van der Waals surface area contributed by atoms with E-state index in [0.29, 0.717) is 0 Å². The molecule has 0 aliphatic heterocycles. The lowest BCUT2D eigenvalue weighted by Gasteiger charge is -2.13. The summed E-state index contributed by atoms with van der Waals surface area (Å²) in [5, 5.41) is 7.49. The van der Waals surface area contributed by atoms with Gasteiger partial charge in [-0.3, -0.25) is 0 Å². The molecule has 0 atom stereocenters. The molecule has 7 aromatic carbocycles. The quantitative estimate of drug-likeness (QED) is 0.220. The summed E-state index contributed by atoms with van der Waals surface area (Å²) in [4.78, 5) is 10.2. The van der Waals surface area contributed by atoms with Crippen molar-refractivity contribution in [3.05, 3.63) is 152 Å². The lowest BCUT2D eigenvalue weighted by Crippen LogP contribution is -1.97. The second-order valence-electron chi connectivity index (χ2n) is 11.1. The van der Waals surface area contributed by atoms with E-state index in [0.717, 1.165) is 39.2 Å². The van der Waals surface area contributed by atoms with E-state index < -0.39 is 0 Å². The van der Waals surface area contributed by atoms with E-state index in [9.17, 15) is 0 Å². The van der Waals surface area contributed by atoms with Gasteiger partial charge < -0.3 is 4.57 Å². The molecule has 9 aromatic rings. The maximum Gasteiger partial charge on any atom is 0.0973 e. The van der Waals surface area contributed by atoms with Gasteiger partial charge >= 0.3 is 0 Å². The molecule has 200 valence electrons. The van der Waals surface area contributed by atoms with E-state index in [-0.39, 0.29) is 0 Å². The highest BCUT2D eigenvalue weighted by Gasteiger charge is 2.17. The lowest BCUT2D eigenvalue weighted by molar-refractivity contribution is 1.18. The lowest BCUT2D eigenvalue weighted by atomic mass is 10.0. The molecule has 0 spiro atoms. The van der Waals surface area contributed by atoms with Gasteiger partial charge in [0.1, 0.15) is 0 Å². The largest absolute Gasteiger partial charge is 0.309 e. The highest BCUT2D eigenvalue weighted by Crippen LogP contribution is 2.38. The minimum absolute atomic E-state index is 0.885. The second-order valence-corrected chi connectivity index (χ2v) is 11.1. The van der Waals surface area contributed by atoms with Crippen LogP contribution in [0.3, 0.4) is 0 Å². The van der Waals surface area contributed by atoms with Crippen LogP contribution in [0.1, 0.15) is 0 Å². The molecule has 2 aromatic heterocycles. The van der Waals surface area contributed by atoms with Gasteiger partial charge in [0.25, 0.3) is 0 Å². The maximum absolute atomic E-state index is 5.11. The van der Waals surface area contributed by atoms with Gasteiger partial charge in [0.15, 0.2) is 0 Å². The number of benzene rings is 7. The average Bonchev–Trinajstić information content (AvgIpc) is 3.37. The van der Waals surface area contributed by atoms with Crippen molar-refractivity contribution in [2.24, 2.45) is 0 Å². The van der Waals surface area contributed by atoms with Gasteiger partial charge in [-0.15, -0.1) is 0 Å². The van der Waals surface area contributed by atoms with Crippen molar-refractivity contribution in [1.82, 2.24) is 14.5 Å². The summed E-state index contributed by atoms with van der Waals surface area (Å²) in [6.45, 7) is 0. The summed E-state index contributed by atoms with van der Waals surface area (Å²) < 4.78 is 2.40. The molecule has 0 aliphatic carbocycles. The van der Waals surface area contributed by atoms with Gasteiger partial charge in [-0.1, -0.05) is 103 Å². The van der Waals surface area contributed by atoms with Gasteiger partial charge in [-0.25, -0.2) is 9.97 Å². The Morgan fingerprint density at radius 3 is 1.30 bits per heavy atom. The van der Waals surface area contributed by atoms with Gasteiger partial charge in [0.2, 0.25) is 0 Å². The molecular weight excluding hydrogens is 522 g/mol. The third kappa shape index (κ3) is 3.83. The van der Waals surface area contributed by atoms with Crippen LogP contribution in [-0.2, 0) is 0 Å². The third-order valence-corrected chi connectivity index (χ3v) is 8.52. The molecule has 0 aliphatic rings. The van der Waals surface area contributed by atoms with E-state index in [2.05, 4.69) is 126 Å². The van der Waals surface area contributed by atoms with Gasteiger partial charge in [0.05, 0.1) is 33.5 Å². The monoisotopic (exact) mass is 547 g/mol. The maximum atomic E-state index is 5.11. The fraction of sp³-hybridized carbons (Fsp3) is 0. The predicted octanol–water partition coefficient (Wildman–Crippen LogP) is 10.4. The molecule has 3 heteroatoms. The van der Waals surface area contributed by atoms with Crippen molar-refractivity contribution in [2.45, 2.75) is 0 Å². The zero-order chi connectivity index (χ0) is 28.3. The Bertz CT molecular complexity index is 2400. The molecule has 0 amide bonds. The minimum atomic E-state index is 0.885. The average molecular weight is 548 g/mol. The number of fused-ring (bicyclic) bond motifs is 6. The molecule has 0 saturated heterocycles. The van der Waals surface area contributed by atoms with Crippen LogP contribution in [0.25, 0.3) is 82.6 Å². The Balaban J connectivity index is 1.28. The van der Waals surface area contributed by atoms with Gasteiger partial charge in [-0.05, 0) is 70.1 Å². The molecule has 9 rings (SSSR count). The Kier molecular flexibility index (Phi) is 5.20. The molecule has 3 nitrogen and oxygen atoms in total. The van der Waals surface area contributed by atoms with E-state index in [1.165, 1.54) is 43.4 Å². The Hall–Kier alpha value is -5.80. The molecule has 0 fully saturated rings. The molecule has 0 bridgehead atoms. The standard InChI is InChI=1S/C40H25N3/c1-2-10-26(11-3-1)39-40(42-36-17-9-8-16-35(36)41-39)27-18-20-32(21-19-27)43-37-24-30-14-6-4-12-28(30)22-33(37)34-23-29-13-5-7-15-31(29)25-38(34)43/h1-25H. The fourth-order valence-electron chi connectivity index (χ4n) is 6.43. The van der Waals surface area contributed by atoms with Crippen molar-refractivity contribution in [3.8, 4) is 28.2 Å². The van der Waals surface area contributed by atoms with Crippen LogP contribution in [0, 0.1) is 0 Å². The van der Waals surface area contributed by atoms with Crippen molar-refractivity contribution in [2.75, 3.05) is 0 Å². The van der Waals surface area contributed by atoms with Crippen molar-refractivity contribution in [3.63, 3.8) is 0 Å². The van der Waals surface area contributed by atoms with Crippen LogP contribution >= 0.6 is 0 Å². The van der Waals surface area contributed by atoms with E-state index in [4.69, 9.17) is 9.97 Å². The first-order chi connectivity index (χ1) is 21.3. The molecule has 0 N–H and O–H groups in total. The minimum Gasteiger partial charge on any atom is -0.309 e. The summed E-state index contributed by atoms with van der Waals surface area (Å²) in [6.07, 6.45) is 0. The number of rotatable bonds is 3. The van der Waals surface area contributed by atoms with Crippen LogP contribution in [0.2, 0.25) is 0 Å². The van der Waals surface area contributed by atoms with Crippen LogP contribution in [-0.4, -0.2) is 14.5 Å². The number of hydrogen-bond acceptors (Lipinski definition) is 2. The Morgan fingerprint density at radius 1 is 0.372 bits per heavy atom. The Morgan fingerprint density at radius 2 is 0.791 bits per heavy atom. The predicted molar refractivity (Wildman–Crippen MR) is 180 cm³/mol. The summed E-state index contributed by atoms with van der Waals surface area (Å²) >= 11 is 0. The molecule has 0 radical (unpaired) electrons. The van der Waals surface area contributed by atoms with Gasteiger partial charge in [0, 0.05) is 27.6 Å². The first-order valence-electron chi connectivity index (χ1n) is 14.6. The highest BCUT2D eigenvalue weighted by molar-refractivity contribution is 6.16. The summed E-state index contributed by atoms with van der Waals surface area (Å²) in [5.41, 5.74) is 9.17. The number of aromatic nitrogens is 3. The fourth-order valence-corrected chi connectivity index (χ4v) is 6.43.